The number of halogens is 1. The molecule has 2 atom stereocenters. The van der Waals surface area contributed by atoms with E-state index in [2.05, 4.69) is 20.8 Å². The number of para-hydroxylation sites is 2. The maximum absolute atomic E-state index is 12.9. The summed E-state index contributed by atoms with van der Waals surface area (Å²) in [4.78, 5) is 31.8. The third-order valence-corrected chi connectivity index (χ3v) is 5.23. The minimum atomic E-state index is -0.858. The molecule has 0 fully saturated rings. The molecule has 0 saturated carbocycles. The van der Waals surface area contributed by atoms with Crippen LogP contribution in [0.1, 0.15) is 24.9 Å². The zero-order chi connectivity index (χ0) is 20.8. The second-order valence-electron chi connectivity index (χ2n) is 6.34. The number of nitrogens with one attached hydrogen (secondary N) is 3. The van der Waals surface area contributed by atoms with Crippen LogP contribution in [0, 0.1) is 5.82 Å². The molecule has 1 aromatic heterocycles. The number of amides is 2. The number of hydrogen-bond acceptors (Lipinski definition) is 5. The van der Waals surface area contributed by atoms with Crippen LogP contribution < -0.4 is 15.6 Å². The summed E-state index contributed by atoms with van der Waals surface area (Å²) in [6.45, 7) is 3.48. The highest BCUT2D eigenvalue weighted by molar-refractivity contribution is 8.00. The lowest BCUT2D eigenvalue weighted by molar-refractivity contribution is -0.131. The first-order valence-electron chi connectivity index (χ1n) is 8.99. The van der Waals surface area contributed by atoms with Gasteiger partial charge in [-0.05, 0) is 50.2 Å². The minimum absolute atomic E-state index is 0.0235. The third kappa shape index (κ3) is 5.71. The molecule has 0 aliphatic carbocycles. The second kappa shape index (κ2) is 9.42. The summed E-state index contributed by atoms with van der Waals surface area (Å²) < 4.78 is 18.3. The van der Waals surface area contributed by atoms with Gasteiger partial charge in [-0.3, -0.25) is 20.4 Å². The average Bonchev–Trinajstić information content (AvgIpc) is 3.16. The molecule has 29 heavy (non-hydrogen) atoms. The summed E-state index contributed by atoms with van der Waals surface area (Å²) in [6, 6.07) is 13.0. The molecule has 2 amide bonds. The number of hydrogen-bond donors (Lipinski definition) is 3. The average molecular weight is 416 g/mol. The van der Waals surface area contributed by atoms with Gasteiger partial charge in [0.15, 0.2) is 6.10 Å². The molecule has 0 unspecified atom stereocenters. The molecule has 3 aromatic rings. The molecule has 0 bridgehead atoms. The number of thioether (sulfide) groups is 1. The Labute approximate surface area is 171 Å². The van der Waals surface area contributed by atoms with Gasteiger partial charge in [-0.2, -0.15) is 0 Å². The van der Waals surface area contributed by atoms with Gasteiger partial charge in [-0.25, -0.2) is 9.37 Å². The molecular weight excluding hydrogens is 395 g/mol. The van der Waals surface area contributed by atoms with Gasteiger partial charge in [-0.15, -0.1) is 11.8 Å². The zero-order valence-electron chi connectivity index (χ0n) is 15.9. The van der Waals surface area contributed by atoms with Crippen molar-refractivity contribution in [3.63, 3.8) is 0 Å². The van der Waals surface area contributed by atoms with E-state index < -0.39 is 17.8 Å². The van der Waals surface area contributed by atoms with E-state index in [4.69, 9.17) is 4.74 Å². The first-order chi connectivity index (χ1) is 13.9. The van der Waals surface area contributed by atoms with E-state index in [9.17, 15) is 14.0 Å². The normalized spacial score (nSPS) is 12.9. The van der Waals surface area contributed by atoms with Crippen LogP contribution in [0.25, 0.3) is 11.0 Å². The fourth-order valence-electron chi connectivity index (χ4n) is 2.48. The third-order valence-electron chi connectivity index (χ3n) is 4.08. The van der Waals surface area contributed by atoms with Gasteiger partial charge in [0.2, 0.25) is 5.91 Å². The maximum atomic E-state index is 12.9. The molecule has 0 saturated heterocycles. The van der Waals surface area contributed by atoms with E-state index >= 15 is 0 Å². The van der Waals surface area contributed by atoms with E-state index in [1.54, 1.807) is 0 Å². The molecule has 9 heteroatoms. The van der Waals surface area contributed by atoms with Crippen molar-refractivity contribution in [1.82, 2.24) is 20.8 Å². The Hall–Kier alpha value is -3.07. The van der Waals surface area contributed by atoms with Crippen LogP contribution in [0.2, 0.25) is 0 Å². The summed E-state index contributed by atoms with van der Waals surface area (Å²) in [5.41, 5.74) is 6.51. The molecule has 2 aromatic carbocycles. The number of rotatable bonds is 7. The SMILES string of the molecule is C[C@H](SCC(=O)NNC(=O)[C@@H](C)Oc1ccc(F)cc1)c1nc2ccccc2[nH]1. The minimum Gasteiger partial charge on any atom is -0.481 e. The van der Waals surface area contributed by atoms with Crippen molar-refractivity contribution in [2.24, 2.45) is 0 Å². The summed E-state index contributed by atoms with van der Waals surface area (Å²) >= 11 is 1.39. The predicted molar refractivity (Wildman–Crippen MR) is 110 cm³/mol. The Kier molecular flexibility index (Phi) is 6.71. The van der Waals surface area contributed by atoms with Crippen molar-refractivity contribution in [2.45, 2.75) is 25.2 Å². The molecule has 0 spiro atoms. The second-order valence-corrected chi connectivity index (χ2v) is 7.67. The summed E-state index contributed by atoms with van der Waals surface area (Å²) in [5.74, 6) is 0.0328. The maximum Gasteiger partial charge on any atom is 0.279 e. The van der Waals surface area contributed by atoms with Gasteiger partial charge in [0, 0.05) is 0 Å². The highest BCUT2D eigenvalue weighted by atomic mass is 32.2. The van der Waals surface area contributed by atoms with E-state index in [-0.39, 0.29) is 16.9 Å². The van der Waals surface area contributed by atoms with Crippen molar-refractivity contribution in [3.8, 4) is 5.75 Å². The number of aromatic nitrogens is 2. The van der Waals surface area contributed by atoms with Crippen molar-refractivity contribution in [2.75, 3.05) is 5.75 Å². The fraction of sp³-hybridized carbons (Fsp3) is 0.250. The van der Waals surface area contributed by atoms with E-state index in [0.29, 0.717) is 5.75 Å². The largest absolute Gasteiger partial charge is 0.481 e. The number of nitrogens with zero attached hydrogens (tertiary/aromatic N) is 1. The summed E-state index contributed by atoms with van der Waals surface area (Å²) in [7, 11) is 0. The monoisotopic (exact) mass is 416 g/mol. The van der Waals surface area contributed by atoms with Crippen LogP contribution in [0.4, 0.5) is 4.39 Å². The number of hydrazine groups is 1. The van der Waals surface area contributed by atoms with Crippen molar-refractivity contribution in [3.05, 3.63) is 60.2 Å². The van der Waals surface area contributed by atoms with Gasteiger partial charge in [0.05, 0.1) is 22.0 Å². The molecular formula is C20H21FN4O3S. The number of benzene rings is 2. The Bertz CT molecular complexity index is 960. The fourth-order valence-corrected chi connectivity index (χ4v) is 3.23. The molecule has 0 radical (unpaired) electrons. The van der Waals surface area contributed by atoms with Crippen molar-refractivity contribution < 1.29 is 18.7 Å². The lowest BCUT2D eigenvalue weighted by Gasteiger charge is -2.15. The lowest BCUT2D eigenvalue weighted by Crippen LogP contribution is -2.47. The van der Waals surface area contributed by atoms with Crippen LogP contribution in [0.3, 0.4) is 0 Å². The van der Waals surface area contributed by atoms with Crippen LogP contribution >= 0.6 is 11.8 Å². The Balaban J connectivity index is 1.41. The van der Waals surface area contributed by atoms with Gasteiger partial charge >= 0.3 is 0 Å². The summed E-state index contributed by atoms with van der Waals surface area (Å²) in [5, 5.41) is -0.0235. The highest BCUT2D eigenvalue weighted by Gasteiger charge is 2.17. The van der Waals surface area contributed by atoms with E-state index in [1.165, 1.54) is 43.0 Å². The first kappa shape index (κ1) is 20.7. The number of aromatic amines is 1. The van der Waals surface area contributed by atoms with Gasteiger partial charge in [-0.1, -0.05) is 12.1 Å². The van der Waals surface area contributed by atoms with E-state index in [0.717, 1.165) is 16.9 Å². The number of ether oxygens (including phenoxy) is 1. The van der Waals surface area contributed by atoms with Gasteiger partial charge in [0.25, 0.3) is 5.91 Å². The molecule has 152 valence electrons. The number of H-pyrrole nitrogens is 1. The number of carbonyl (C=O) groups excluding carboxylic acids is 2. The molecule has 0 aliphatic heterocycles. The van der Waals surface area contributed by atoms with Gasteiger partial charge < -0.3 is 9.72 Å². The number of fused-ring (bicyclic) bond motifs is 1. The Morgan fingerprint density at radius 3 is 2.59 bits per heavy atom. The van der Waals surface area contributed by atoms with Crippen LogP contribution in [0.15, 0.2) is 48.5 Å². The first-order valence-corrected chi connectivity index (χ1v) is 10.0. The van der Waals surface area contributed by atoms with Crippen LogP contribution in [-0.4, -0.2) is 33.6 Å². The molecule has 3 rings (SSSR count). The molecule has 3 N–H and O–H groups in total. The quantitative estimate of drug-likeness (QED) is 0.515. The molecule has 0 aliphatic rings. The standard InChI is InChI=1S/C20H21FN4O3S/c1-12(28-15-9-7-14(21)8-10-15)20(27)25-24-18(26)11-29-13(2)19-22-16-5-3-4-6-17(16)23-19/h3-10,12-13H,11H2,1-2H3,(H,22,23)(H,24,26)(H,25,27)/t12-,13+/m1/s1. The highest BCUT2D eigenvalue weighted by Crippen LogP contribution is 2.27. The van der Waals surface area contributed by atoms with Crippen LogP contribution in [-0.2, 0) is 9.59 Å². The predicted octanol–water partition coefficient (Wildman–Crippen LogP) is 3.11. The Morgan fingerprint density at radius 1 is 1.14 bits per heavy atom. The Morgan fingerprint density at radius 2 is 1.86 bits per heavy atom. The smallest absolute Gasteiger partial charge is 0.279 e. The topological polar surface area (TPSA) is 96.1 Å². The lowest BCUT2D eigenvalue weighted by atomic mass is 10.3. The van der Waals surface area contributed by atoms with E-state index in [1.807, 2.05) is 31.2 Å². The van der Waals surface area contributed by atoms with Crippen molar-refractivity contribution in [1.29, 1.82) is 0 Å². The zero-order valence-corrected chi connectivity index (χ0v) is 16.8. The number of imidazole rings is 1. The number of carbonyl (C=O) groups is 2. The van der Waals surface area contributed by atoms with Crippen molar-refractivity contribution >= 4 is 34.6 Å². The molecule has 1 heterocycles. The summed E-state index contributed by atoms with van der Waals surface area (Å²) in [6.07, 6.45) is -0.858. The molecule has 7 nitrogen and oxygen atoms in total. The van der Waals surface area contributed by atoms with Gasteiger partial charge in [0.1, 0.15) is 17.4 Å². The van der Waals surface area contributed by atoms with Crippen LogP contribution in [0.5, 0.6) is 5.75 Å².